The zero-order valence-electron chi connectivity index (χ0n) is 9.05. The van der Waals surface area contributed by atoms with E-state index in [4.69, 9.17) is 16.0 Å². The number of nitrogens with one attached hydrogen (secondary N) is 1. The SMILES string of the molecule is CCC(CCCl)NC(=O)c1occc1C. The quantitative estimate of drug-likeness (QED) is 0.789. The molecule has 0 fully saturated rings. The first kappa shape index (κ1) is 12.1. The maximum Gasteiger partial charge on any atom is 0.287 e. The van der Waals surface area contributed by atoms with Crippen LogP contribution in [0.4, 0.5) is 0 Å². The number of alkyl halides is 1. The number of carbonyl (C=O) groups is 1. The lowest BCUT2D eigenvalue weighted by atomic mass is 10.1. The summed E-state index contributed by atoms with van der Waals surface area (Å²) >= 11 is 5.64. The van der Waals surface area contributed by atoms with Gasteiger partial charge in [0.25, 0.3) is 5.91 Å². The van der Waals surface area contributed by atoms with Gasteiger partial charge in [-0.2, -0.15) is 0 Å². The predicted octanol–water partition coefficient (Wildman–Crippen LogP) is 2.73. The van der Waals surface area contributed by atoms with Crippen molar-refractivity contribution in [3.05, 3.63) is 23.7 Å². The van der Waals surface area contributed by atoms with Crippen molar-refractivity contribution in [3.63, 3.8) is 0 Å². The van der Waals surface area contributed by atoms with E-state index in [2.05, 4.69) is 5.32 Å². The summed E-state index contributed by atoms with van der Waals surface area (Å²) in [6.45, 7) is 3.87. The van der Waals surface area contributed by atoms with E-state index < -0.39 is 0 Å². The zero-order valence-corrected chi connectivity index (χ0v) is 9.80. The highest BCUT2D eigenvalue weighted by Crippen LogP contribution is 2.09. The second kappa shape index (κ2) is 5.81. The molecule has 1 unspecified atom stereocenters. The first-order valence-corrected chi connectivity index (χ1v) is 5.63. The third kappa shape index (κ3) is 3.27. The van der Waals surface area contributed by atoms with Crippen molar-refractivity contribution in [3.8, 4) is 0 Å². The summed E-state index contributed by atoms with van der Waals surface area (Å²) in [7, 11) is 0. The van der Waals surface area contributed by atoms with E-state index in [0.717, 1.165) is 18.4 Å². The van der Waals surface area contributed by atoms with Gasteiger partial charge in [0, 0.05) is 17.5 Å². The van der Waals surface area contributed by atoms with Crippen LogP contribution in [0.3, 0.4) is 0 Å². The first-order chi connectivity index (χ1) is 7.19. The fourth-order valence-electron chi connectivity index (χ4n) is 1.37. The Balaban J connectivity index is 2.58. The molecule has 1 rings (SSSR count). The maximum absolute atomic E-state index is 11.7. The average Bonchev–Trinajstić information content (AvgIpc) is 2.63. The third-order valence-electron chi connectivity index (χ3n) is 2.35. The van der Waals surface area contributed by atoms with Gasteiger partial charge < -0.3 is 9.73 Å². The topological polar surface area (TPSA) is 42.2 Å². The molecule has 1 atom stereocenters. The minimum absolute atomic E-state index is 0.125. The molecule has 1 aromatic heterocycles. The molecule has 0 saturated heterocycles. The second-order valence-electron chi connectivity index (χ2n) is 3.49. The lowest BCUT2D eigenvalue weighted by Crippen LogP contribution is -2.34. The molecule has 1 aromatic rings. The van der Waals surface area contributed by atoms with Gasteiger partial charge in [0.1, 0.15) is 0 Å². The number of halogens is 1. The van der Waals surface area contributed by atoms with E-state index in [1.165, 1.54) is 6.26 Å². The fourth-order valence-corrected chi connectivity index (χ4v) is 1.63. The molecule has 1 N–H and O–H groups in total. The lowest BCUT2D eigenvalue weighted by Gasteiger charge is -2.14. The Morgan fingerprint density at radius 3 is 2.87 bits per heavy atom. The molecular weight excluding hydrogens is 214 g/mol. The number of hydrogen-bond donors (Lipinski definition) is 1. The van der Waals surface area contributed by atoms with Gasteiger partial charge in [-0.15, -0.1) is 11.6 Å². The van der Waals surface area contributed by atoms with Crippen LogP contribution in [0.5, 0.6) is 0 Å². The standard InChI is InChI=1S/C11H16ClNO2/c1-3-9(4-6-12)13-11(14)10-8(2)5-7-15-10/h5,7,9H,3-4,6H2,1-2H3,(H,13,14). The van der Waals surface area contributed by atoms with Gasteiger partial charge >= 0.3 is 0 Å². The summed E-state index contributed by atoms with van der Waals surface area (Å²) in [6, 6.07) is 1.90. The largest absolute Gasteiger partial charge is 0.459 e. The number of rotatable bonds is 5. The van der Waals surface area contributed by atoms with E-state index in [0.29, 0.717) is 11.6 Å². The minimum Gasteiger partial charge on any atom is -0.459 e. The van der Waals surface area contributed by atoms with Crippen LogP contribution in [0.2, 0.25) is 0 Å². The summed E-state index contributed by atoms with van der Waals surface area (Å²) in [5.74, 6) is 0.785. The molecule has 0 bridgehead atoms. The highest BCUT2D eigenvalue weighted by molar-refractivity contribution is 6.17. The Kier molecular flexibility index (Phi) is 4.69. The van der Waals surface area contributed by atoms with Crippen molar-refractivity contribution in [2.45, 2.75) is 32.7 Å². The number of aryl methyl sites for hydroxylation is 1. The van der Waals surface area contributed by atoms with Gasteiger partial charge in [0.2, 0.25) is 0 Å². The molecule has 0 saturated carbocycles. The van der Waals surface area contributed by atoms with Gasteiger partial charge in [-0.25, -0.2) is 0 Å². The molecular formula is C11H16ClNO2. The van der Waals surface area contributed by atoms with Gasteiger partial charge in [-0.1, -0.05) is 6.92 Å². The van der Waals surface area contributed by atoms with Crippen molar-refractivity contribution >= 4 is 17.5 Å². The van der Waals surface area contributed by atoms with Crippen LogP contribution in [0.15, 0.2) is 16.7 Å². The van der Waals surface area contributed by atoms with E-state index in [9.17, 15) is 4.79 Å². The van der Waals surface area contributed by atoms with Crippen molar-refractivity contribution in [1.82, 2.24) is 5.32 Å². The summed E-state index contributed by atoms with van der Waals surface area (Å²) in [5.41, 5.74) is 0.855. The Hall–Kier alpha value is -0.960. The minimum atomic E-state index is -0.158. The molecule has 3 nitrogen and oxygen atoms in total. The van der Waals surface area contributed by atoms with Crippen LogP contribution >= 0.6 is 11.6 Å². The highest BCUT2D eigenvalue weighted by atomic mass is 35.5. The molecule has 4 heteroatoms. The Morgan fingerprint density at radius 1 is 1.67 bits per heavy atom. The van der Waals surface area contributed by atoms with Crippen LogP contribution in [0.25, 0.3) is 0 Å². The van der Waals surface area contributed by atoms with Gasteiger partial charge in [0.15, 0.2) is 5.76 Å². The molecule has 0 spiro atoms. The predicted molar refractivity (Wildman–Crippen MR) is 60.3 cm³/mol. The van der Waals surface area contributed by atoms with E-state index >= 15 is 0 Å². The van der Waals surface area contributed by atoms with Crippen LogP contribution in [-0.2, 0) is 0 Å². The Morgan fingerprint density at radius 2 is 2.40 bits per heavy atom. The smallest absolute Gasteiger partial charge is 0.287 e. The normalized spacial score (nSPS) is 12.5. The summed E-state index contributed by atoms with van der Waals surface area (Å²) < 4.78 is 5.10. The molecule has 0 radical (unpaired) electrons. The van der Waals surface area contributed by atoms with E-state index in [-0.39, 0.29) is 11.9 Å². The van der Waals surface area contributed by atoms with Crippen molar-refractivity contribution in [2.24, 2.45) is 0 Å². The van der Waals surface area contributed by atoms with Crippen molar-refractivity contribution < 1.29 is 9.21 Å². The van der Waals surface area contributed by atoms with Crippen molar-refractivity contribution in [2.75, 3.05) is 5.88 Å². The molecule has 15 heavy (non-hydrogen) atoms. The summed E-state index contributed by atoms with van der Waals surface area (Å²) in [5, 5.41) is 2.89. The first-order valence-electron chi connectivity index (χ1n) is 5.10. The average molecular weight is 230 g/mol. The molecule has 0 aromatic carbocycles. The number of hydrogen-bond acceptors (Lipinski definition) is 2. The van der Waals surface area contributed by atoms with Crippen molar-refractivity contribution in [1.29, 1.82) is 0 Å². The van der Waals surface area contributed by atoms with E-state index in [1.807, 2.05) is 13.8 Å². The number of carbonyl (C=O) groups excluding carboxylic acids is 1. The number of furan rings is 1. The summed E-state index contributed by atoms with van der Waals surface area (Å²) in [6.07, 6.45) is 3.18. The monoisotopic (exact) mass is 229 g/mol. The van der Waals surface area contributed by atoms with Crippen LogP contribution in [-0.4, -0.2) is 17.8 Å². The maximum atomic E-state index is 11.7. The number of amides is 1. The lowest BCUT2D eigenvalue weighted by molar-refractivity contribution is 0.0906. The van der Waals surface area contributed by atoms with Crippen LogP contribution < -0.4 is 5.32 Å². The zero-order chi connectivity index (χ0) is 11.3. The molecule has 84 valence electrons. The molecule has 1 heterocycles. The van der Waals surface area contributed by atoms with Crippen LogP contribution in [0.1, 0.15) is 35.9 Å². The molecule has 0 aliphatic heterocycles. The molecule has 1 amide bonds. The molecule has 0 aliphatic carbocycles. The second-order valence-corrected chi connectivity index (χ2v) is 3.87. The van der Waals surface area contributed by atoms with Gasteiger partial charge in [-0.3, -0.25) is 4.79 Å². The molecule has 0 aliphatic rings. The summed E-state index contributed by atoms with van der Waals surface area (Å²) in [4.78, 5) is 11.7. The fraction of sp³-hybridized carbons (Fsp3) is 0.545. The third-order valence-corrected chi connectivity index (χ3v) is 2.57. The van der Waals surface area contributed by atoms with Gasteiger partial charge in [-0.05, 0) is 25.8 Å². The van der Waals surface area contributed by atoms with Gasteiger partial charge in [0.05, 0.1) is 6.26 Å². The Labute approximate surface area is 94.8 Å². The van der Waals surface area contributed by atoms with Crippen LogP contribution in [0, 0.1) is 6.92 Å². The van der Waals surface area contributed by atoms with E-state index in [1.54, 1.807) is 6.07 Å². The Bertz CT molecular complexity index is 322. The highest BCUT2D eigenvalue weighted by Gasteiger charge is 2.15.